The molecule has 2 fully saturated rings. The lowest BCUT2D eigenvalue weighted by molar-refractivity contribution is -0.137. The summed E-state index contributed by atoms with van der Waals surface area (Å²) in [5.74, 6) is 1.64. The molecule has 2 unspecified atom stereocenters. The lowest BCUT2D eigenvalue weighted by atomic mass is 10.0. The second-order valence-electron chi connectivity index (χ2n) is 5.84. The van der Waals surface area contributed by atoms with Crippen LogP contribution in [0.1, 0.15) is 30.4 Å². The molecule has 0 aromatic heterocycles. The Morgan fingerprint density at radius 2 is 1.70 bits per heavy atom. The van der Waals surface area contributed by atoms with E-state index in [1.54, 1.807) is 0 Å². The Kier molecular flexibility index (Phi) is 3.22. The van der Waals surface area contributed by atoms with Crippen LogP contribution in [0.15, 0.2) is 24.3 Å². The van der Waals surface area contributed by atoms with Crippen molar-refractivity contribution in [3.8, 4) is 0 Å². The van der Waals surface area contributed by atoms with Gasteiger partial charge in [0.25, 0.3) is 0 Å². The van der Waals surface area contributed by atoms with E-state index in [2.05, 4.69) is 5.32 Å². The molecule has 3 rings (SSSR count). The first-order valence-electron chi connectivity index (χ1n) is 6.87. The van der Waals surface area contributed by atoms with Gasteiger partial charge in [-0.05, 0) is 48.8 Å². The third-order valence-electron chi connectivity index (χ3n) is 4.36. The number of rotatable bonds is 3. The van der Waals surface area contributed by atoms with E-state index in [0.717, 1.165) is 36.8 Å². The van der Waals surface area contributed by atoms with Crippen molar-refractivity contribution >= 4 is 5.91 Å². The topological polar surface area (TPSA) is 29.1 Å². The fraction of sp³-hybridized carbons (Fsp3) is 0.533. The molecule has 1 amide bonds. The molecule has 1 aromatic carbocycles. The van der Waals surface area contributed by atoms with E-state index in [-0.39, 0.29) is 11.8 Å². The van der Waals surface area contributed by atoms with Crippen LogP contribution < -0.4 is 5.32 Å². The fourth-order valence-corrected chi connectivity index (χ4v) is 3.07. The van der Waals surface area contributed by atoms with Crippen LogP contribution in [0.25, 0.3) is 0 Å². The van der Waals surface area contributed by atoms with Crippen molar-refractivity contribution < 1.29 is 18.0 Å². The van der Waals surface area contributed by atoms with Crippen molar-refractivity contribution in [2.24, 2.45) is 17.8 Å². The number of nitrogens with one attached hydrogen (secondary N) is 1. The highest BCUT2D eigenvalue weighted by Crippen LogP contribution is 2.54. The molecule has 20 heavy (non-hydrogen) atoms. The molecule has 2 nitrogen and oxygen atoms in total. The van der Waals surface area contributed by atoms with E-state index in [1.165, 1.54) is 18.6 Å². The zero-order valence-electron chi connectivity index (χ0n) is 10.9. The van der Waals surface area contributed by atoms with Crippen LogP contribution in [0.5, 0.6) is 0 Å². The first-order chi connectivity index (χ1) is 9.43. The first-order valence-corrected chi connectivity index (χ1v) is 6.87. The van der Waals surface area contributed by atoms with Gasteiger partial charge in [0.1, 0.15) is 0 Å². The van der Waals surface area contributed by atoms with Gasteiger partial charge in [0, 0.05) is 12.5 Å². The largest absolute Gasteiger partial charge is 0.416 e. The summed E-state index contributed by atoms with van der Waals surface area (Å²) in [5, 5.41) is 2.82. The molecule has 0 spiro atoms. The number of carbonyl (C=O) groups is 1. The highest BCUT2D eigenvalue weighted by molar-refractivity contribution is 5.79. The molecule has 2 atom stereocenters. The van der Waals surface area contributed by atoms with Crippen LogP contribution in [-0.2, 0) is 17.5 Å². The molecule has 0 radical (unpaired) electrons. The van der Waals surface area contributed by atoms with Crippen molar-refractivity contribution in [2.45, 2.75) is 32.0 Å². The average molecular weight is 283 g/mol. The number of amides is 1. The lowest BCUT2D eigenvalue weighted by Crippen LogP contribution is -2.29. The van der Waals surface area contributed by atoms with Gasteiger partial charge in [-0.2, -0.15) is 13.2 Å². The zero-order valence-corrected chi connectivity index (χ0v) is 10.9. The zero-order chi connectivity index (χ0) is 14.3. The SMILES string of the molecule is O=C(NCc1ccc(C(F)(F)F)cc1)C1CC2CC2C1. The molecular formula is C15H16F3NO. The van der Waals surface area contributed by atoms with Gasteiger partial charge in [0.15, 0.2) is 0 Å². The molecule has 1 N–H and O–H groups in total. The van der Waals surface area contributed by atoms with Crippen molar-refractivity contribution in [3.63, 3.8) is 0 Å². The highest BCUT2D eigenvalue weighted by atomic mass is 19.4. The smallest absolute Gasteiger partial charge is 0.352 e. The molecule has 2 aliphatic rings. The summed E-state index contributed by atoms with van der Waals surface area (Å²) >= 11 is 0. The average Bonchev–Trinajstić information content (AvgIpc) is 3.02. The van der Waals surface area contributed by atoms with Crippen molar-refractivity contribution in [2.75, 3.05) is 0 Å². The van der Waals surface area contributed by atoms with Gasteiger partial charge in [0.2, 0.25) is 5.91 Å². The minimum Gasteiger partial charge on any atom is -0.352 e. The van der Waals surface area contributed by atoms with Crippen LogP contribution in [0, 0.1) is 17.8 Å². The second-order valence-corrected chi connectivity index (χ2v) is 5.84. The predicted molar refractivity (Wildman–Crippen MR) is 67.6 cm³/mol. The number of fused-ring (bicyclic) bond motifs is 1. The molecule has 2 aliphatic carbocycles. The number of alkyl halides is 3. The molecule has 5 heteroatoms. The van der Waals surface area contributed by atoms with Crippen LogP contribution >= 0.6 is 0 Å². The van der Waals surface area contributed by atoms with Gasteiger partial charge in [-0.25, -0.2) is 0 Å². The minimum absolute atomic E-state index is 0.0390. The van der Waals surface area contributed by atoms with Gasteiger partial charge in [0.05, 0.1) is 5.56 Å². The molecule has 108 valence electrons. The third-order valence-corrected chi connectivity index (χ3v) is 4.36. The Hall–Kier alpha value is -1.52. The van der Waals surface area contributed by atoms with E-state index in [4.69, 9.17) is 0 Å². The summed E-state index contributed by atoms with van der Waals surface area (Å²) in [6, 6.07) is 4.92. The first kappa shape index (κ1) is 13.5. The number of halogens is 3. The Morgan fingerprint density at radius 1 is 1.10 bits per heavy atom. The van der Waals surface area contributed by atoms with Gasteiger partial charge >= 0.3 is 6.18 Å². The van der Waals surface area contributed by atoms with Gasteiger partial charge in [-0.3, -0.25) is 4.79 Å². The Balaban J connectivity index is 1.52. The highest BCUT2D eigenvalue weighted by Gasteiger charge is 2.47. The molecule has 0 saturated heterocycles. The molecule has 2 saturated carbocycles. The second kappa shape index (κ2) is 4.79. The standard InChI is InChI=1S/C15H16F3NO/c16-15(17,18)13-3-1-9(2-4-13)8-19-14(20)12-6-10-5-11(10)7-12/h1-4,10-12H,5-8H2,(H,19,20). The predicted octanol–water partition coefficient (Wildman–Crippen LogP) is 3.37. The summed E-state index contributed by atoms with van der Waals surface area (Å²) in [5.41, 5.74) is 0.0259. The Labute approximate surface area is 115 Å². The quantitative estimate of drug-likeness (QED) is 0.905. The van der Waals surface area contributed by atoms with E-state index in [1.807, 2.05) is 0 Å². The van der Waals surface area contributed by atoms with Crippen molar-refractivity contribution in [3.05, 3.63) is 35.4 Å². The normalized spacial score (nSPS) is 28.1. The van der Waals surface area contributed by atoms with Crippen LogP contribution in [0.3, 0.4) is 0 Å². The van der Waals surface area contributed by atoms with Crippen molar-refractivity contribution in [1.82, 2.24) is 5.32 Å². The summed E-state index contributed by atoms with van der Waals surface area (Å²) in [6.07, 6.45) is -1.09. The van der Waals surface area contributed by atoms with Gasteiger partial charge < -0.3 is 5.32 Å². The molecule has 0 heterocycles. The van der Waals surface area contributed by atoms with E-state index >= 15 is 0 Å². The number of benzene rings is 1. The Bertz CT molecular complexity index is 499. The summed E-state index contributed by atoms with van der Waals surface area (Å²) < 4.78 is 37.2. The molecular weight excluding hydrogens is 267 g/mol. The lowest BCUT2D eigenvalue weighted by Gasteiger charge is -2.13. The van der Waals surface area contributed by atoms with E-state index in [9.17, 15) is 18.0 Å². The minimum atomic E-state index is -4.31. The summed E-state index contributed by atoms with van der Waals surface area (Å²) in [6.45, 7) is 0.294. The molecule has 1 aromatic rings. The van der Waals surface area contributed by atoms with Gasteiger partial charge in [-0.1, -0.05) is 12.1 Å². The van der Waals surface area contributed by atoms with E-state index < -0.39 is 11.7 Å². The van der Waals surface area contributed by atoms with Crippen molar-refractivity contribution in [1.29, 1.82) is 0 Å². The number of hydrogen-bond donors (Lipinski definition) is 1. The van der Waals surface area contributed by atoms with Crippen LogP contribution in [0.2, 0.25) is 0 Å². The van der Waals surface area contributed by atoms with Gasteiger partial charge in [-0.15, -0.1) is 0 Å². The summed E-state index contributed by atoms with van der Waals surface area (Å²) in [7, 11) is 0. The monoisotopic (exact) mass is 283 g/mol. The number of carbonyl (C=O) groups excluding carboxylic acids is 1. The fourth-order valence-electron chi connectivity index (χ4n) is 3.07. The maximum atomic E-state index is 12.4. The van der Waals surface area contributed by atoms with Crippen LogP contribution in [0.4, 0.5) is 13.2 Å². The molecule has 0 bridgehead atoms. The third kappa shape index (κ3) is 2.81. The van der Waals surface area contributed by atoms with E-state index in [0.29, 0.717) is 12.1 Å². The maximum Gasteiger partial charge on any atom is 0.416 e. The number of hydrogen-bond acceptors (Lipinski definition) is 1. The Morgan fingerprint density at radius 3 is 2.25 bits per heavy atom. The maximum absolute atomic E-state index is 12.4. The molecule has 0 aliphatic heterocycles. The van der Waals surface area contributed by atoms with Crippen LogP contribution in [-0.4, -0.2) is 5.91 Å². The summed E-state index contributed by atoms with van der Waals surface area (Å²) in [4.78, 5) is 11.9.